The lowest BCUT2D eigenvalue weighted by Crippen LogP contribution is -2.38. The molecule has 2 atom stereocenters. The van der Waals surface area contributed by atoms with Gasteiger partial charge in [0.2, 0.25) is 5.91 Å². The Morgan fingerprint density at radius 1 is 1.31 bits per heavy atom. The lowest BCUT2D eigenvalue weighted by molar-refractivity contribution is -0.131. The van der Waals surface area contributed by atoms with Crippen LogP contribution in [0.3, 0.4) is 0 Å². The summed E-state index contributed by atoms with van der Waals surface area (Å²) in [5.41, 5.74) is 6.72. The van der Waals surface area contributed by atoms with Crippen molar-refractivity contribution in [2.24, 2.45) is 5.73 Å². The fourth-order valence-corrected chi connectivity index (χ4v) is 1.74. The molecule has 2 unspecified atom stereocenters. The number of nitrogens with zero attached hydrogens (tertiary/aromatic N) is 1. The van der Waals surface area contributed by atoms with E-state index in [2.05, 4.69) is 0 Å². The van der Waals surface area contributed by atoms with Crippen molar-refractivity contribution in [2.75, 3.05) is 13.6 Å². The zero-order valence-electron chi connectivity index (χ0n) is 10.2. The van der Waals surface area contributed by atoms with E-state index >= 15 is 0 Å². The molecule has 0 radical (unpaired) electrons. The lowest BCUT2D eigenvalue weighted by Gasteiger charge is -2.23. The Balaban J connectivity index is 2.67. The van der Waals surface area contributed by atoms with Crippen molar-refractivity contribution in [2.45, 2.75) is 25.8 Å². The van der Waals surface area contributed by atoms with Gasteiger partial charge in [-0.05, 0) is 19.4 Å². The Morgan fingerprint density at radius 3 is 2.38 bits per heavy atom. The quantitative estimate of drug-likeness (QED) is 0.837. The van der Waals surface area contributed by atoms with Crippen molar-refractivity contribution in [3.8, 4) is 0 Å². The van der Waals surface area contributed by atoms with Crippen molar-refractivity contribution >= 4 is 5.91 Å². The van der Waals surface area contributed by atoms with Crippen molar-refractivity contribution < 1.29 is 4.79 Å². The topological polar surface area (TPSA) is 46.3 Å². The molecule has 0 heterocycles. The van der Waals surface area contributed by atoms with Crippen LogP contribution in [0, 0.1) is 0 Å². The van der Waals surface area contributed by atoms with Crippen LogP contribution in [0.15, 0.2) is 30.3 Å². The number of likely N-dealkylation sites (N-methyl/N-ethyl adjacent to an activating group) is 1. The van der Waals surface area contributed by atoms with Gasteiger partial charge in [0.25, 0.3) is 0 Å². The molecule has 1 amide bonds. The van der Waals surface area contributed by atoms with Gasteiger partial charge in [-0.1, -0.05) is 30.3 Å². The molecule has 0 saturated heterocycles. The second-order valence-corrected chi connectivity index (χ2v) is 4.33. The zero-order valence-corrected chi connectivity index (χ0v) is 10.2. The fraction of sp³-hybridized carbons (Fsp3) is 0.462. The van der Waals surface area contributed by atoms with Crippen molar-refractivity contribution in [1.29, 1.82) is 0 Å². The van der Waals surface area contributed by atoms with E-state index in [9.17, 15) is 4.79 Å². The summed E-state index contributed by atoms with van der Waals surface area (Å²) in [5.74, 6) is 0.00782. The molecule has 0 saturated carbocycles. The maximum atomic E-state index is 12.0. The molecule has 16 heavy (non-hydrogen) atoms. The second-order valence-electron chi connectivity index (χ2n) is 4.33. The van der Waals surface area contributed by atoms with Gasteiger partial charge in [0, 0.05) is 19.6 Å². The van der Waals surface area contributed by atoms with Gasteiger partial charge < -0.3 is 10.6 Å². The normalized spacial score (nSPS) is 14.2. The Hall–Kier alpha value is -1.35. The number of benzene rings is 1. The van der Waals surface area contributed by atoms with Crippen LogP contribution in [0.2, 0.25) is 0 Å². The first kappa shape index (κ1) is 12.7. The van der Waals surface area contributed by atoms with Gasteiger partial charge in [-0.15, -0.1) is 0 Å². The maximum absolute atomic E-state index is 12.0. The van der Waals surface area contributed by atoms with E-state index in [4.69, 9.17) is 5.73 Å². The highest BCUT2D eigenvalue weighted by molar-refractivity contribution is 5.83. The average molecular weight is 220 g/mol. The largest absolute Gasteiger partial charge is 0.344 e. The van der Waals surface area contributed by atoms with E-state index in [0.29, 0.717) is 6.54 Å². The van der Waals surface area contributed by atoms with Crippen LogP contribution in [0.4, 0.5) is 0 Å². The Bertz CT molecular complexity index is 335. The number of carbonyl (C=O) groups excluding carboxylic acids is 1. The SMILES string of the molecule is CC(N)CN(C)C(=O)C(C)c1ccccc1. The van der Waals surface area contributed by atoms with Crippen LogP contribution in [-0.2, 0) is 4.79 Å². The summed E-state index contributed by atoms with van der Waals surface area (Å²) in [6.45, 7) is 4.42. The van der Waals surface area contributed by atoms with Gasteiger partial charge in [0.1, 0.15) is 0 Å². The first-order valence-corrected chi connectivity index (χ1v) is 5.58. The summed E-state index contributed by atoms with van der Waals surface area (Å²) in [5, 5.41) is 0. The maximum Gasteiger partial charge on any atom is 0.229 e. The number of amides is 1. The highest BCUT2D eigenvalue weighted by Gasteiger charge is 2.19. The number of hydrogen-bond donors (Lipinski definition) is 1. The first-order chi connectivity index (χ1) is 7.52. The highest BCUT2D eigenvalue weighted by Crippen LogP contribution is 2.16. The minimum atomic E-state index is -0.107. The van der Waals surface area contributed by atoms with E-state index in [1.54, 1.807) is 11.9 Å². The van der Waals surface area contributed by atoms with Gasteiger partial charge in [-0.2, -0.15) is 0 Å². The molecule has 3 nitrogen and oxygen atoms in total. The summed E-state index contributed by atoms with van der Waals surface area (Å²) in [6, 6.07) is 9.81. The van der Waals surface area contributed by atoms with Crippen LogP contribution >= 0.6 is 0 Å². The molecule has 0 aliphatic heterocycles. The van der Waals surface area contributed by atoms with Crippen LogP contribution < -0.4 is 5.73 Å². The third kappa shape index (κ3) is 3.35. The molecule has 0 fully saturated rings. The van der Waals surface area contributed by atoms with E-state index in [1.165, 1.54) is 0 Å². The summed E-state index contributed by atoms with van der Waals surface area (Å²) >= 11 is 0. The molecule has 0 aromatic heterocycles. The predicted octanol–water partition coefficient (Wildman–Crippen LogP) is 1.60. The van der Waals surface area contributed by atoms with Gasteiger partial charge in [0.15, 0.2) is 0 Å². The minimum Gasteiger partial charge on any atom is -0.344 e. The summed E-state index contributed by atoms with van der Waals surface area (Å²) in [4.78, 5) is 13.7. The van der Waals surface area contributed by atoms with Gasteiger partial charge in [0.05, 0.1) is 5.92 Å². The smallest absolute Gasteiger partial charge is 0.229 e. The third-order valence-corrected chi connectivity index (χ3v) is 2.61. The van der Waals surface area contributed by atoms with Crippen LogP contribution in [0.25, 0.3) is 0 Å². The van der Waals surface area contributed by atoms with E-state index in [-0.39, 0.29) is 17.9 Å². The summed E-state index contributed by atoms with van der Waals surface area (Å²) < 4.78 is 0. The molecule has 3 heteroatoms. The van der Waals surface area contributed by atoms with Gasteiger partial charge in [-0.3, -0.25) is 4.79 Å². The van der Waals surface area contributed by atoms with Crippen molar-refractivity contribution in [1.82, 2.24) is 4.90 Å². The molecule has 1 aromatic carbocycles. The van der Waals surface area contributed by atoms with Crippen molar-refractivity contribution in [3.05, 3.63) is 35.9 Å². The van der Waals surface area contributed by atoms with E-state index in [0.717, 1.165) is 5.56 Å². The number of nitrogens with two attached hydrogens (primary N) is 1. The molecule has 88 valence electrons. The Labute approximate surface area is 97.2 Å². The Morgan fingerprint density at radius 2 is 1.88 bits per heavy atom. The highest BCUT2D eigenvalue weighted by atomic mass is 16.2. The van der Waals surface area contributed by atoms with E-state index in [1.807, 2.05) is 44.2 Å². The number of carbonyl (C=O) groups is 1. The average Bonchev–Trinajstić information content (AvgIpc) is 2.27. The van der Waals surface area contributed by atoms with Crippen LogP contribution in [-0.4, -0.2) is 30.4 Å². The molecule has 0 aliphatic carbocycles. The van der Waals surface area contributed by atoms with Crippen molar-refractivity contribution in [3.63, 3.8) is 0 Å². The molecule has 1 rings (SSSR count). The lowest BCUT2D eigenvalue weighted by atomic mass is 10.00. The fourth-order valence-electron chi connectivity index (χ4n) is 1.74. The summed E-state index contributed by atoms with van der Waals surface area (Å²) in [6.07, 6.45) is 0. The molecular formula is C13H20N2O. The number of hydrogen-bond acceptors (Lipinski definition) is 2. The summed E-state index contributed by atoms with van der Waals surface area (Å²) in [7, 11) is 1.80. The first-order valence-electron chi connectivity index (χ1n) is 5.58. The standard InChI is InChI=1S/C13H20N2O/c1-10(14)9-15(3)13(16)11(2)12-7-5-4-6-8-12/h4-8,10-11H,9,14H2,1-3H3. The molecule has 0 bridgehead atoms. The van der Waals surface area contributed by atoms with Crippen LogP contribution in [0.5, 0.6) is 0 Å². The minimum absolute atomic E-state index is 0.0110. The molecule has 2 N–H and O–H groups in total. The van der Waals surface area contributed by atoms with Crippen LogP contribution in [0.1, 0.15) is 25.3 Å². The van der Waals surface area contributed by atoms with Gasteiger partial charge in [-0.25, -0.2) is 0 Å². The Kier molecular flexibility index (Phi) is 4.50. The van der Waals surface area contributed by atoms with E-state index < -0.39 is 0 Å². The number of rotatable bonds is 4. The van der Waals surface area contributed by atoms with Gasteiger partial charge >= 0.3 is 0 Å². The molecule has 0 aliphatic rings. The molecular weight excluding hydrogens is 200 g/mol. The molecule has 0 spiro atoms. The second kappa shape index (κ2) is 5.66. The third-order valence-electron chi connectivity index (χ3n) is 2.61. The predicted molar refractivity (Wildman–Crippen MR) is 66.1 cm³/mol. The molecule has 1 aromatic rings. The zero-order chi connectivity index (χ0) is 12.1. The monoisotopic (exact) mass is 220 g/mol.